The predicted molar refractivity (Wildman–Crippen MR) is 120 cm³/mol. The zero-order chi connectivity index (χ0) is 20.4. The Morgan fingerprint density at radius 1 is 1.24 bits per heavy atom. The first-order chi connectivity index (χ1) is 14.1. The van der Waals surface area contributed by atoms with E-state index in [4.69, 9.17) is 17.0 Å². The van der Waals surface area contributed by atoms with Crippen LogP contribution in [-0.2, 0) is 6.42 Å². The van der Waals surface area contributed by atoms with Gasteiger partial charge in [0, 0.05) is 6.42 Å². The summed E-state index contributed by atoms with van der Waals surface area (Å²) in [5, 5.41) is 24.0. The smallest absolute Gasteiger partial charge is 0.216 e. The number of phenolic OH excluding ortho intramolecular Hbond substituents is 1. The minimum absolute atomic E-state index is 0.0428. The van der Waals surface area contributed by atoms with E-state index < -0.39 is 0 Å². The Labute approximate surface area is 180 Å². The molecule has 2 N–H and O–H groups in total. The van der Waals surface area contributed by atoms with Gasteiger partial charge in [0.2, 0.25) is 4.77 Å². The van der Waals surface area contributed by atoms with Crippen LogP contribution in [0, 0.1) is 4.77 Å². The Balaban J connectivity index is 1.69. The summed E-state index contributed by atoms with van der Waals surface area (Å²) in [4.78, 5) is 0. The van der Waals surface area contributed by atoms with Crippen molar-refractivity contribution in [3.05, 3.63) is 80.8 Å². The number of hydrogen-bond acceptors (Lipinski definition) is 5. The van der Waals surface area contributed by atoms with Crippen LogP contribution < -0.4 is 4.74 Å². The topological polar surface area (TPSA) is 75.4 Å². The number of H-pyrrole nitrogens is 1. The third-order valence-corrected chi connectivity index (χ3v) is 5.41. The number of halogens is 1. The van der Waals surface area contributed by atoms with Crippen LogP contribution in [0.1, 0.15) is 17.0 Å². The molecule has 29 heavy (non-hydrogen) atoms. The van der Waals surface area contributed by atoms with Crippen LogP contribution in [0.5, 0.6) is 11.5 Å². The molecule has 0 saturated carbocycles. The van der Waals surface area contributed by atoms with Gasteiger partial charge in [-0.15, -0.1) is 0 Å². The molecule has 0 atom stereocenters. The zero-order valence-electron chi connectivity index (χ0n) is 15.5. The Bertz CT molecular complexity index is 1270. The lowest BCUT2D eigenvalue weighted by atomic mass is 10.0. The predicted octanol–water partition coefficient (Wildman–Crippen LogP) is 5.04. The lowest BCUT2D eigenvalue weighted by molar-refractivity contribution is 0.372. The van der Waals surface area contributed by atoms with E-state index in [1.807, 2.05) is 18.2 Å². The number of nitrogens with zero attached hydrogens (tertiary/aromatic N) is 3. The van der Waals surface area contributed by atoms with E-state index in [1.165, 1.54) is 17.9 Å². The number of aromatic amines is 1. The van der Waals surface area contributed by atoms with Crippen molar-refractivity contribution in [1.82, 2.24) is 14.9 Å². The van der Waals surface area contributed by atoms with Crippen molar-refractivity contribution in [2.24, 2.45) is 5.10 Å². The van der Waals surface area contributed by atoms with Crippen LogP contribution in [0.3, 0.4) is 0 Å². The fourth-order valence-corrected chi connectivity index (χ4v) is 3.78. The summed E-state index contributed by atoms with van der Waals surface area (Å²) in [6, 6.07) is 17.9. The Morgan fingerprint density at radius 3 is 2.86 bits per heavy atom. The van der Waals surface area contributed by atoms with Gasteiger partial charge in [0.15, 0.2) is 17.3 Å². The molecular weight excluding hydrogens is 452 g/mol. The van der Waals surface area contributed by atoms with Crippen molar-refractivity contribution >= 4 is 45.1 Å². The number of fused-ring (bicyclic) bond motifs is 1. The Kier molecular flexibility index (Phi) is 5.46. The van der Waals surface area contributed by atoms with Gasteiger partial charge in [0.25, 0.3) is 0 Å². The standard InChI is InChI=1S/C21H17BrN4O2S/c1-28-18-10-13(9-17(22)20(18)27)12-23-26-19(24-25-21(26)29)11-15-7-4-6-14-5-2-3-8-16(14)15/h2-10,12,27H,11H2,1H3,(H,25,29)/b23-12-. The molecule has 0 aliphatic rings. The number of hydrogen-bond donors (Lipinski definition) is 2. The number of ether oxygens (including phenoxy) is 1. The van der Waals surface area contributed by atoms with Gasteiger partial charge in [-0.3, -0.25) is 5.10 Å². The molecule has 0 radical (unpaired) electrons. The molecule has 0 bridgehead atoms. The lowest BCUT2D eigenvalue weighted by Crippen LogP contribution is -2.01. The summed E-state index contributed by atoms with van der Waals surface area (Å²) in [6.07, 6.45) is 2.22. The normalized spacial score (nSPS) is 11.4. The number of nitrogens with one attached hydrogen (secondary N) is 1. The summed E-state index contributed by atoms with van der Waals surface area (Å²) in [5.41, 5.74) is 1.88. The van der Waals surface area contributed by atoms with Crippen LogP contribution in [-0.4, -0.2) is 33.3 Å². The number of rotatable bonds is 5. The molecular formula is C21H17BrN4O2S. The van der Waals surface area contributed by atoms with Crippen molar-refractivity contribution in [3.8, 4) is 11.5 Å². The zero-order valence-corrected chi connectivity index (χ0v) is 17.9. The SMILES string of the molecule is COc1cc(/C=N\n2c(Cc3cccc4ccccc34)n[nH]c2=S)cc(Br)c1O. The summed E-state index contributed by atoms with van der Waals surface area (Å²) in [6.45, 7) is 0. The molecule has 4 aromatic rings. The van der Waals surface area contributed by atoms with Crippen LogP contribution in [0.4, 0.5) is 0 Å². The Hall–Kier alpha value is -2.97. The van der Waals surface area contributed by atoms with Gasteiger partial charge in [-0.1, -0.05) is 42.5 Å². The number of methoxy groups -OCH3 is 1. The van der Waals surface area contributed by atoms with E-state index >= 15 is 0 Å². The first-order valence-corrected chi connectivity index (χ1v) is 10.0. The molecule has 146 valence electrons. The molecule has 0 aliphatic carbocycles. The molecule has 0 aliphatic heterocycles. The maximum Gasteiger partial charge on any atom is 0.216 e. The van der Waals surface area contributed by atoms with Crippen LogP contribution in [0.25, 0.3) is 10.8 Å². The van der Waals surface area contributed by atoms with Gasteiger partial charge in [-0.25, -0.2) is 0 Å². The molecule has 0 unspecified atom stereocenters. The van der Waals surface area contributed by atoms with Crippen molar-refractivity contribution in [2.45, 2.75) is 6.42 Å². The molecule has 1 aromatic heterocycles. The van der Waals surface area contributed by atoms with E-state index in [-0.39, 0.29) is 5.75 Å². The minimum Gasteiger partial charge on any atom is -0.503 e. The van der Waals surface area contributed by atoms with Crippen molar-refractivity contribution in [3.63, 3.8) is 0 Å². The van der Waals surface area contributed by atoms with E-state index in [0.717, 1.165) is 11.1 Å². The van der Waals surface area contributed by atoms with Gasteiger partial charge in [-0.2, -0.15) is 14.9 Å². The fourth-order valence-electron chi connectivity index (χ4n) is 3.12. The maximum absolute atomic E-state index is 9.96. The molecule has 8 heteroatoms. The van der Waals surface area contributed by atoms with Gasteiger partial charge in [-0.05, 0) is 62.2 Å². The van der Waals surface area contributed by atoms with Crippen LogP contribution in [0.15, 0.2) is 64.2 Å². The average Bonchev–Trinajstić information content (AvgIpc) is 3.08. The molecule has 4 rings (SSSR count). The summed E-state index contributed by atoms with van der Waals surface area (Å²) in [5.74, 6) is 1.10. The molecule has 0 spiro atoms. The largest absolute Gasteiger partial charge is 0.503 e. The number of phenols is 1. The molecule has 6 nitrogen and oxygen atoms in total. The number of aromatic hydroxyl groups is 1. The van der Waals surface area contributed by atoms with Gasteiger partial charge < -0.3 is 9.84 Å². The van der Waals surface area contributed by atoms with E-state index in [2.05, 4.69) is 55.5 Å². The Morgan fingerprint density at radius 2 is 2.03 bits per heavy atom. The van der Waals surface area contributed by atoms with Gasteiger partial charge in [0.05, 0.1) is 17.8 Å². The molecule has 0 fully saturated rings. The van der Waals surface area contributed by atoms with Crippen molar-refractivity contribution in [1.29, 1.82) is 0 Å². The number of benzene rings is 3. The fraction of sp³-hybridized carbons (Fsp3) is 0.0952. The number of aromatic nitrogens is 3. The second kappa shape index (κ2) is 8.18. The summed E-state index contributed by atoms with van der Waals surface area (Å²) >= 11 is 8.67. The van der Waals surface area contributed by atoms with Gasteiger partial charge in [0.1, 0.15) is 0 Å². The third-order valence-electron chi connectivity index (χ3n) is 4.54. The lowest BCUT2D eigenvalue weighted by Gasteiger charge is -2.07. The first-order valence-electron chi connectivity index (χ1n) is 8.80. The third kappa shape index (κ3) is 3.94. The molecule has 1 heterocycles. The van der Waals surface area contributed by atoms with Gasteiger partial charge >= 0.3 is 0 Å². The summed E-state index contributed by atoms with van der Waals surface area (Å²) in [7, 11) is 1.50. The second-order valence-corrected chi connectivity index (χ2v) is 7.61. The monoisotopic (exact) mass is 468 g/mol. The van der Waals surface area contributed by atoms with E-state index in [9.17, 15) is 5.11 Å². The molecule has 0 saturated heterocycles. The molecule has 3 aromatic carbocycles. The van der Waals surface area contributed by atoms with Crippen LogP contribution >= 0.6 is 28.1 Å². The molecule has 0 amide bonds. The minimum atomic E-state index is 0.0428. The highest BCUT2D eigenvalue weighted by atomic mass is 79.9. The van der Waals surface area contributed by atoms with E-state index in [0.29, 0.717) is 27.2 Å². The second-order valence-electron chi connectivity index (χ2n) is 6.37. The highest BCUT2D eigenvalue weighted by Gasteiger charge is 2.10. The van der Waals surface area contributed by atoms with E-state index in [1.54, 1.807) is 23.0 Å². The highest BCUT2D eigenvalue weighted by molar-refractivity contribution is 9.10. The maximum atomic E-state index is 9.96. The summed E-state index contributed by atoms with van der Waals surface area (Å²) < 4.78 is 7.71. The van der Waals surface area contributed by atoms with Crippen molar-refractivity contribution in [2.75, 3.05) is 7.11 Å². The average molecular weight is 469 g/mol. The quantitative estimate of drug-likeness (QED) is 0.317. The highest BCUT2D eigenvalue weighted by Crippen LogP contribution is 2.34. The van der Waals surface area contributed by atoms with Crippen LogP contribution in [0.2, 0.25) is 0 Å². The first kappa shape index (κ1) is 19.4. The van der Waals surface area contributed by atoms with Crippen molar-refractivity contribution < 1.29 is 9.84 Å².